The van der Waals surface area contributed by atoms with Crippen LogP contribution in [0.1, 0.15) is 15.9 Å². The van der Waals surface area contributed by atoms with Gasteiger partial charge in [-0.1, -0.05) is 12.1 Å². The number of carboxylic acids is 1. The summed E-state index contributed by atoms with van der Waals surface area (Å²) in [6.07, 6.45) is 2.98. The van der Waals surface area contributed by atoms with E-state index in [0.717, 1.165) is 5.56 Å². The molecule has 166 valence electrons. The van der Waals surface area contributed by atoms with E-state index in [0.29, 0.717) is 40.8 Å². The number of carbonyl (C=O) groups is 2. The molecule has 4 rings (SSSR count). The van der Waals surface area contributed by atoms with Crippen LogP contribution in [0.5, 0.6) is 11.5 Å². The molecule has 9 heteroatoms. The van der Waals surface area contributed by atoms with Crippen molar-refractivity contribution in [1.82, 2.24) is 9.97 Å². The molecule has 6 N–H and O–H groups in total. The van der Waals surface area contributed by atoms with E-state index in [1.807, 2.05) is 18.2 Å². The van der Waals surface area contributed by atoms with Crippen molar-refractivity contribution in [3.63, 3.8) is 0 Å². The molecule has 0 aliphatic rings. The van der Waals surface area contributed by atoms with Crippen molar-refractivity contribution >= 4 is 23.4 Å². The summed E-state index contributed by atoms with van der Waals surface area (Å²) in [5, 5.41) is 14.6. The van der Waals surface area contributed by atoms with Crippen LogP contribution in [0.2, 0.25) is 0 Å². The van der Waals surface area contributed by atoms with E-state index >= 15 is 0 Å². The zero-order valence-corrected chi connectivity index (χ0v) is 17.4. The smallest absolute Gasteiger partial charge is 0.337 e. The number of nitrogens with one attached hydrogen (secondary N) is 3. The van der Waals surface area contributed by atoms with E-state index in [1.54, 1.807) is 48.7 Å². The summed E-state index contributed by atoms with van der Waals surface area (Å²) in [5.74, 6) is 0.0764. The van der Waals surface area contributed by atoms with Gasteiger partial charge in [0, 0.05) is 36.4 Å². The van der Waals surface area contributed by atoms with Crippen LogP contribution in [0.4, 0.5) is 16.2 Å². The molecule has 4 aromatic rings. The number of aromatic carboxylic acids is 1. The largest absolute Gasteiger partial charge is 0.478 e. The maximum Gasteiger partial charge on any atom is 0.337 e. The molecule has 0 radical (unpaired) electrons. The van der Waals surface area contributed by atoms with Crippen molar-refractivity contribution in [3.05, 3.63) is 90.3 Å². The summed E-state index contributed by atoms with van der Waals surface area (Å²) in [6.45, 7) is 0.395. The van der Waals surface area contributed by atoms with Crippen molar-refractivity contribution in [2.45, 2.75) is 6.54 Å². The van der Waals surface area contributed by atoms with Gasteiger partial charge in [0.1, 0.15) is 11.5 Å². The second-order valence-corrected chi connectivity index (χ2v) is 7.09. The van der Waals surface area contributed by atoms with E-state index in [1.165, 1.54) is 12.3 Å². The van der Waals surface area contributed by atoms with Crippen molar-refractivity contribution in [2.75, 3.05) is 10.6 Å². The third kappa shape index (κ3) is 5.54. The molecule has 0 atom stereocenters. The van der Waals surface area contributed by atoms with E-state index in [-0.39, 0.29) is 11.6 Å². The number of aromatic amines is 1. The van der Waals surface area contributed by atoms with E-state index < -0.39 is 5.97 Å². The second kappa shape index (κ2) is 9.67. The topological polar surface area (TPSA) is 142 Å². The highest BCUT2D eigenvalue weighted by atomic mass is 16.5. The Hall–Kier alpha value is -4.63. The van der Waals surface area contributed by atoms with Gasteiger partial charge in [-0.2, -0.15) is 0 Å². The number of hydrogen-bond acceptors (Lipinski definition) is 5. The molecule has 9 nitrogen and oxygen atoms in total. The van der Waals surface area contributed by atoms with E-state index in [9.17, 15) is 9.59 Å². The predicted molar refractivity (Wildman–Crippen MR) is 124 cm³/mol. The van der Waals surface area contributed by atoms with Crippen LogP contribution in [0.3, 0.4) is 0 Å². The molecule has 0 spiro atoms. The molecule has 0 saturated heterocycles. The number of nitrogens with zero attached hydrogens (tertiary/aromatic N) is 1. The van der Waals surface area contributed by atoms with Gasteiger partial charge in [0.05, 0.1) is 17.0 Å². The lowest BCUT2D eigenvalue weighted by atomic mass is 10.2. The monoisotopic (exact) mass is 443 g/mol. The minimum atomic E-state index is -1.02. The summed E-state index contributed by atoms with van der Waals surface area (Å²) in [4.78, 5) is 30.5. The van der Waals surface area contributed by atoms with Gasteiger partial charge < -0.3 is 31.2 Å². The average molecular weight is 443 g/mol. The molecule has 0 saturated carbocycles. The average Bonchev–Trinajstić information content (AvgIpc) is 3.32. The number of anilines is 2. The number of ether oxygens (including phenoxy) is 1. The van der Waals surface area contributed by atoms with Gasteiger partial charge in [0.15, 0.2) is 0 Å². The molecule has 0 fully saturated rings. The summed E-state index contributed by atoms with van der Waals surface area (Å²) in [6, 6.07) is 18.7. The molecule has 2 amide bonds. The second-order valence-electron chi connectivity index (χ2n) is 7.09. The molecule has 0 bridgehead atoms. The SMILES string of the molecule is NCc1cccc(NC(=O)Nc2ccc(Oc3ccnc(-c4cc(C(=O)O)c[nH]4)c3)cc2)c1. The molecular weight excluding hydrogens is 422 g/mol. The fourth-order valence-corrected chi connectivity index (χ4v) is 3.10. The maximum absolute atomic E-state index is 12.2. The summed E-state index contributed by atoms with van der Waals surface area (Å²) < 4.78 is 5.87. The van der Waals surface area contributed by atoms with Gasteiger partial charge >= 0.3 is 12.0 Å². The minimum Gasteiger partial charge on any atom is -0.478 e. The Morgan fingerprint density at radius 3 is 2.48 bits per heavy atom. The number of H-pyrrole nitrogens is 1. The number of amides is 2. The third-order valence-electron chi connectivity index (χ3n) is 4.71. The van der Waals surface area contributed by atoms with E-state index in [2.05, 4.69) is 20.6 Å². The lowest BCUT2D eigenvalue weighted by molar-refractivity contribution is 0.0697. The molecule has 33 heavy (non-hydrogen) atoms. The lowest BCUT2D eigenvalue weighted by Gasteiger charge is -2.10. The first-order valence-corrected chi connectivity index (χ1v) is 10.0. The normalized spacial score (nSPS) is 10.5. The predicted octanol–water partition coefficient (Wildman–Crippen LogP) is 4.67. The summed E-state index contributed by atoms with van der Waals surface area (Å²) in [5.41, 5.74) is 9.07. The number of urea groups is 1. The number of aromatic nitrogens is 2. The first-order valence-electron chi connectivity index (χ1n) is 10.0. The number of benzene rings is 2. The standard InChI is InChI=1S/C24H21N5O4/c25-13-15-2-1-3-18(10-15)29-24(32)28-17-4-6-19(7-5-17)33-20-8-9-26-22(12-20)21-11-16(14-27-21)23(30)31/h1-12,14,27H,13,25H2,(H,30,31)(H2,28,29,32). The minimum absolute atomic E-state index is 0.150. The molecule has 2 aromatic carbocycles. The Balaban J connectivity index is 1.38. The maximum atomic E-state index is 12.2. The molecular formula is C24H21N5O4. The molecule has 0 aliphatic carbocycles. The Bertz CT molecular complexity index is 1280. The number of pyridine rings is 1. The number of hydrogen-bond donors (Lipinski definition) is 5. The molecule has 2 aromatic heterocycles. The Morgan fingerprint density at radius 2 is 1.76 bits per heavy atom. The highest BCUT2D eigenvalue weighted by molar-refractivity contribution is 5.99. The van der Waals surface area contributed by atoms with Crippen LogP contribution in [0.25, 0.3) is 11.4 Å². The third-order valence-corrected chi connectivity index (χ3v) is 4.71. The zero-order chi connectivity index (χ0) is 23.2. The van der Waals surface area contributed by atoms with E-state index in [4.69, 9.17) is 15.6 Å². The van der Waals surface area contributed by atoms with Crippen LogP contribution < -0.4 is 21.1 Å². The van der Waals surface area contributed by atoms with Crippen molar-refractivity contribution in [1.29, 1.82) is 0 Å². The van der Waals surface area contributed by atoms with Crippen molar-refractivity contribution in [3.8, 4) is 22.9 Å². The van der Waals surface area contributed by atoms with Gasteiger partial charge in [-0.3, -0.25) is 4.98 Å². The quantitative estimate of drug-likeness (QED) is 0.281. The van der Waals surface area contributed by atoms with Crippen molar-refractivity contribution < 1.29 is 19.4 Å². The first-order chi connectivity index (χ1) is 16.0. The lowest BCUT2D eigenvalue weighted by Crippen LogP contribution is -2.19. The molecule has 2 heterocycles. The Morgan fingerprint density at radius 1 is 0.970 bits per heavy atom. The molecule has 0 unspecified atom stereocenters. The van der Waals surface area contributed by atoms with Gasteiger partial charge in [-0.15, -0.1) is 0 Å². The van der Waals surface area contributed by atoms with Crippen LogP contribution in [0, 0.1) is 0 Å². The van der Waals surface area contributed by atoms with Crippen LogP contribution in [0.15, 0.2) is 79.1 Å². The number of rotatable bonds is 7. The van der Waals surface area contributed by atoms with Crippen LogP contribution in [-0.2, 0) is 6.54 Å². The van der Waals surface area contributed by atoms with Gasteiger partial charge in [-0.05, 0) is 54.1 Å². The van der Waals surface area contributed by atoms with Crippen molar-refractivity contribution in [2.24, 2.45) is 5.73 Å². The number of carboxylic acid groups (broad SMARTS) is 1. The van der Waals surface area contributed by atoms with Gasteiger partial charge in [0.25, 0.3) is 0 Å². The molecule has 0 aliphatic heterocycles. The zero-order valence-electron chi connectivity index (χ0n) is 17.4. The summed E-state index contributed by atoms with van der Waals surface area (Å²) >= 11 is 0. The first kappa shape index (κ1) is 21.6. The summed E-state index contributed by atoms with van der Waals surface area (Å²) in [7, 11) is 0. The fourth-order valence-electron chi connectivity index (χ4n) is 3.10. The van der Waals surface area contributed by atoms with Crippen LogP contribution >= 0.6 is 0 Å². The highest BCUT2D eigenvalue weighted by Gasteiger charge is 2.10. The number of nitrogens with two attached hydrogens (primary N) is 1. The van der Waals surface area contributed by atoms with Gasteiger partial charge in [-0.25, -0.2) is 9.59 Å². The van der Waals surface area contributed by atoms with Gasteiger partial charge in [0.2, 0.25) is 0 Å². The highest BCUT2D eigenvalue weighted by Crippen LogP contribution is 2.26. The Kier molecular flexibility index (Phi) is 6.33. The number of carbonyl (C=O) groups excluding carboxylic acids is 1. The Labute approximate surface area is 189 Å². The fraction of sp³-hybridized carbons (Fsp3) is 0.0417. The van der Waals surface area contributed by atoms with Crippen LogP contribution in [-0.4, -0.2) is 27.1 Å².